The van der Waals surface area contributed by atoms with Gasteiger partial charge in [-0.05, 0) is 40.2 Å². The monoisotopic (exact) mass is 271 g/mol. The third-order valence-corrected chi connectivity index (χ3v) is 3.77. The summed E-state index contributed by atoms with van der Waals surface area (Å²) in [5.41, 5.74) is -0.131. The minimum absolute atomic E-state index is 0.131. The minimum Gasteiger partial charge on any atom is -0.371 e. The van der Waals surface area contributed by atoms with E-state index < -0.39 is 0 Å². The van der Waals surface area contributed by atoms with Crippen molar-refractivity contribution in [1.29, 1.82) is 0 Å². The van der Waals surface area contributed by atoms with Crippen molar-refractivity contribution in [3.63, 3.8) is 0 Å². The lowest BCUT2D eigenvalue weighted by Gasteiger charge is -2.43. The van der Waals surface area contributed by atoms with Gasteiger partial charge in [-0.25, -0.2) is 0 Å². The molecule has 0 aromatic heterocycles. The van der Waals surface area contributed by atoms with Crippen LogP contribution in [0.2, 0.25) is 0 Å². The fourth-order valence-corrected chi connectivity index (χ4v) is 3.01. The molecule has 19 heavy (non-hydrogen) atoms. The van der Waals surface area contributed by atoms with Crippen molar-refractivity contribution in [2.45, 2.75) is 76.9 Å². The molecule has 1 saturated heterocycles. The normalized spacial score (nSPS) is 30.9. The van der Waals surface area contributed by atoms with E-state index in [4.69, 9.17) is 14.2 Å². The molecule has 1 heterocycles. The highest BCUT2D eigenvalue weighted by molar-refractivity contribution is 4.93. The van der Waals surface area contributed by atoms with Gasteiger partial charge in [-0.15, -0.1) is 0 Å². The summed E-state index contributed by atoms with van der Waals surface area (Å²) in [6.07, 6.45) is 4.18. The Morgan fingerprint density at radius 2 is 1.95 bits per heavy atom. The lowest BCUT2D eigenvalue weighted by molar-refractivity contribution is -0.219. The van der Waals surface area contributed by atoms with E-state index in [0.717, 1.165) is 45.4 Å². The smallest absolute Gasteiger partial charge is 0.171 e. The van der Waals surface area contributed by atoms with Gasteiger partial charge in [-0.1, -0.05) is 6.92 Å². The van der Waals surface area contributed by atoms with Crippen molar-refractivity contribution < 1.29 is 14.2 Å². The zero-order valence-corrected chi connectivity index (χ0v) is 12.8. The molecule has 112 valence electrons. The summed E-state index contributed by atoms with van der Waals surface area (Å²) < 4.78 is 18.0. The van der Waals surface area contributed by atoms with Gasteiger partial charge in [-0.3, -0.25) is 0 Å². The highest BCUT2D eigenvalue weighted by Crippen LogP contribution is 2.38. The van der Waals surface area contributed by atoms with Crippen molar-refractivity contribution >= 4 is 0 Å². The van der Waals surface area contributed by atoms with Crippen LogP contribution in [0.25, 0.3) is 0 Å². The molecule has 1 aliphatic heterocycles. The fraction of sp³-hybridized carbons (Fsp3) is 1.00. The predicted molar refractivity (Wildman–Crippen MR) is 75.2 cm³/mol. The summed E-state index contributed by atoms with van der Waals surface area (Å²) in [5, 5.41) is 3.61. The molecule has 1 spiro atoms. The van der Waals surface area contributed by atoms with Gasteiger partial charge >= 0.3 is 0 Å². The van der Waals surface area contributed by atoms with E-state index in [1.165, 1.54) is 0 Å². The van der Waals surface area contributed by atoms with Crippen molar-refractivity contribution in [3.8, 4) is 0 Å². The molecular weight excluding hydrogens is 242 g/mol. The molecule has 2 fully saturated rings. The summed E-state index contributed by atoms with van der Waals surface area (Å²) in [6, 6.07) is 0.414. The first-order chi connectivity index (χ1) is 8.94. The van der Waals surface area contributed by atoms with Gasteiger partial charge in [0.1, 0.15) is 0 Å². The van der Waals surface area contributed by atoms with Crippen LogP contribution in [0.3, 0.4) is 0 Å². The molecule has 0 aromatic rings. The molecule has 0 amide bonds. The maximum Gasteiger partial charge on any atom is 0.171 e. The van der Waals surface area contributed by atoms with Crippen molar-refractivity contribution in [2.24, 2.45) is 0 Å². The van der Waals surface area contributed by atoms with E-state index in [-0.39, 0.29) is 17.5 Å². The van der Waals surface area contributed by atoms with E-state index in [2.05, 4.69) is 33.0 Å². The molecule has 1 saturated carbocycles. The van der Waals surface area contributed by atoms with Gasteiger partial charge in [0.05, 0.1) is 24.9 Å². The summed E-state index contributed by atoms with van der Waals surface area (Å²) >= 11 is 0. The Balaban J connectivity index is 2.00. The molecule has 1 aliphatic carbocycles. The highest BCUT2D eigenvalue weighted by atomic mass is 16.7. The Labute approximate surface area is 117 Å². The Bertz CT molecular complexity index is 282. The van der Waals surface area contributed by atoms with Crippen LogP contribution in [-0.2, 0) is 14.2 Å². The summed E-state index contributed by atoms with van der Waals surface area (Å²) in [6.45, 7) is 11.0. The number of hydrogen-bond donors (Lipinski definition) is 1. The number of hydrogen-bond acceptors (Lipinski definition) is 4. The second kappa shape index (κ2) is 6.08. The first-order valence-electron chi connectivity index (χ1n) is 7.63. The van der Waals surface area contributed by atoms with Gasteiger partial charge in [0, 0.05) is 18.9 Å². The van der Waals surface area contributed by atoms with Crippen LogP contribution in [0.15, 0.2) is 0 Å². The minimum atomic E-state index is -0.375. The topological polar surface area (TPSA) is 39.7 Å². The fourth-order valence-electron chi connectivity index (χ4n) is 3.01. The van der Waals surface area contributed by atoms with Gasteiger partial charge in [-0.2, -0.15) is 0 Å². The SMILES string of the molecule is CCCNC1CCC2(CC1OC(C)(C)C)OCCO2. The van der Waals surface area contributed by atoms with E-state index >= 15 is 0 Å². The van der Waals surface area contributed by atoms with Crippen LogP contribution in [0.5, 0.6) is 0 Å². The van der Waals surface area contributed by atoms with E-state index in [1.54, 1.807) is 0 Å². The summed E-state index contributed by atoms with van der Waals surface area (Å²) in [4.78, 5) is 0. The lowest BCUT2D eigenvalue weighted by Crippen LogP contribution is -2.53. The molecule has 2 aliphatic rings. The number of ether oxygens (including phenoxy) is 3. The zero-order chi connectivity index (χ0) is 13.9. The van der Waals surface area contributed by atoms with Crippen LogP contribution in [0.1, 0.15) is 53.4 Å². The lowest BCUT2D eigenvalue weighted by atomic mass is 9.86. The average Bonchev–Trinajstić information content (AvgIpc) is 2.75. The molecule has 2 atom stereocenters. The first-order valence-corrected chi connectivity index (χ1v) is 7.63. The maximum absolute atomic E-state index is 6.25. The summed E-state index contributed by atoms with van der Waals surface area (Å²) in [5.74, 6) is -0.375. The summed E-state index contributed by atoms with van der Waals surface area (Å²) in [7, 11) is 0. The average molecular weight is 271 g/mol. The maximum atomic E-state index is 6.25. The van der Waals surface area contributed by atoms with E-state index in [9.17, 15) is 0 Å². The third kappa shape index (κ3) is 4.15. The van der Waals surface area contributed by atoms with E-state index in [1.807, 2.05) is 0 Å². The Morgan fingerprint density at radius 1 is 1.26 bits per heavy atom. The second-order valence-electron chi connectivity index (χ2n) is 6.68. The van der Waals surface area contributed by atoms with Crippen molar-refractivity contribution in [2.75, 3.05) is 19.8 Å². The third-order valence-electron chi connectivity index (χ3n) is 3.77. The Morgan fingerprint density at radius 3 is 2.53 bits per heavy atom. The molecule has 0 radical (unpaired) electrons. The molecule has 2 unspecified atom stereocenters. The second-order valence-corrected chi connectivity index (χ2v) is 6.68. The molecule has 1 N–H and O–H groups in total. The standard InChI is InChI=1S/C15H29NO3/c1-5-8-16-12-6-7-15(17-9-10-18-15)11-13(12)19-14(2,3)4/h12-13,16H,5-11H2,1-4H3. The van der Waals surface area contributed by atoms with Gasteiger partial charge < -0.3 is 19.5 Å². The largest absolute Gasteiger partial charge is 0.371 e. The van der Waals surface area contributed by atoms with Crippen LogP contribution in [0, 0.1) is 0 Å². The van der Waals surface area contributed by atoms with Crippen LogP contribution >= 0.6 is 0 Å². The molecule has 4 heteroatoms. The van der Waals surface area contributed by atoms with Crippen molar-refractivity contribution in [3.05, 3.63) is 0 Å². The van der Waals surface area contributed by atoms with Gasteiger partial charge in [0.15, 0.2) is 5.79 Å². The molecule has 0 bridgehead atoms. The first kappa shape index (κ1) is 15.2. The van der Waals surface area contributed by atoms with Crippen LogP contribution in [0.4, 0.5) is 0 Å². The van der Waals surface area contributed by atoms with Gasteiger partial charge in [0.2, 0.25) is 0 Å². The zero-order valence-electron chi connectivity index (χ0n) is 12.8. The Hall–Kier alpha value is -0.160. The van der Waals surface area contributed by atoms with E-state index in [0.29, 0.717) is 6.04 Å². The van der Waals surface area contributed by atoms with Crippen LogP contribution in [-0.4, -0.2) is 43.3 Å². The van der Waals surface area contributed by atoms with Crippen molar-refractivity contribution in [1.82, 2.24) is 5.32 Å². The molecule has 4 nitrogen and oxygen atoms in total. The number of nitrogens with one attached hydrogen (secondary N) is 1. The van der Waals surface area contributed by atoms with Gasteiger partial charge in [0.25, 0.3) is 0 Å². The molecule has 0 aromatic carbocycles. The molecule has 2 rings (SSSR count). The quantitative estimate of drug-likeness (QED) is 0.852. The predicted octanol–water partition coefficient (Wildman–Crippen LogP) is 2.47. The Kier molecular flexibility index (Phi) is 4.88. The molecular formula is C15H29NO3. The van der Waals surface area contributed by atoms with Crippen LogP contribution < -0.4 is 5.32 Å². The highest BCUT2D eigenvalue weighted by Gasteiger charge is 2.46. The number of rotatable bonds is 4.